The van der Waals surface area contributed by atoms with Crippen molar-refractivity contribution in [2.45, 2.75) is 6.92 Å². The second-order valence-corrected chi connectivity index (χ2v) is 4.60. The zero-order valence-electron chi connectivity index (χ0n) is 11.1. The SMILES string of the molecule is CC(=O)CNc1ncc(-c2c[nH]c3ccccc23)cn1. The first-order valence-corrected chi connectivity index (χ1v) is 6.36. The lowest BCUT2D eigenvalue weighted by Gasteiger charge is -2.03. The summed E-state index contributed by atoms with van der Waals surface area (Å²) in [7, 11) is 0. The number of fused-ring (bicyclic) bond motifs is 1. The number of anilines is 1. The molecule has 0 aliphatic carbocycles. The number of hydrogen-bond donors (Lipinski definition) is 2. The van der Waals surface area contributed by atoms with Gasteiger partial charge in [-0.05, 0) is 13.0 Å². The molecule has 5 nitrogen and oxygen atoms in total. The highest BCUT2D eigenvalue weighted by atomic mass is 16.1. The molecule has 0 aliphatic heterocycles. The molecule has 100 valence electrons. The van der Waals surface area contributed by atoms with E-state index in [0.29, 0.717) is 5.95 Å². The van der Waals surface area contributed by atoms with Gasteiger partial charge in [-0.2, -0.15) is 0 Å². The van der Waals surface area contributed by atoms with Crippen molar-refractivity contribution in [3.63, 3.8) is 0 Å². The highest BCUT2D eigenvalue weighted by Gasteiger charge is 2.06. The van der Waals surface area contributed by atoms with E-state index >= 15 is 0 Å². The van der Waals surface area contributed by atoms with Gasteiger partial charge in [-0.25, -0.2) is 9.97 Å². The van der Waals surface area contributed by atoms with Gasteiger partial charge in [-0.3, -0.25) is 4.79 Å². The van der Waals surface area contributed by atoms with E-state index in [0.717, 1.165) is 22.0 Å². The van der Waals surface area contributed by atoms with Gasteiger partial charge >= 0.3 is 0 Å². The van der Waals surface area contributed by atoms with Gasteiger partial charge < -0.3 is 10.3 Å². The Morgan fingerprint density at radius 2 is 2.00 bits per heavy atom. The number of aromatic amines is 1. The van der Waals surface area contributed by atoms with E-state index in [9.17, 15) is 4.79 Å². The van der Waals surface area contributed by atoms with Crippen LogP contribution in [-0.2, 0) is 4.79 Å². The first kappa shape index (κ1) is 12.3. The Morgan fingerprint density at radius 3 is 2.75 bits per heavy atom. The third-order valence-electron chi connectivity index (χ3n) is 3.05. The number of para-hydroxylation sites is 1. The molecule has 0 bridgehead atoms. The minimum Gasteiger partial charge on any atom is -0.361 e. The van der Waals surface area contributed by atoms with E-state index in [1.165, 1.54) is 6.92 Å². The summed E-state index contributed by atoms with van der Waals surface area (Å²) in [5.41, 5.74) is 3.09. The topological polar surface area (TPSA) is 70.7 Å². The number of Topliss-reactive ketones (excluding diaryl/α,β-unsaturated/α-hetero) is 1. The molecule has 5 heteroatoms. The highest BCUT2D eigenvalue weighted by Crippen LogP contribution is 2.27. The zero-order valence-corrected chi connectivity index (χ0v) is 11.1. The Morgan fingerprint density at radius 1 is 1.25 bits per heavy atom. The number of nitrogens with one attached hydrogen (secondary N) is 2. The van der Waals surface area contributed by atoms with Gasteiger partial charge in [0.2, 0.25) is 5.95 Å². The molecule has 0 saturated carbocycles. The fourth-order valence-electron chi connectivity index (χ4n) is 2.07. The maximum Gasteiger partial charge on any atom is 0.222 e. The van der Waals surface area contributed by atoms with Crippen LogP contribution in [0.15, 0.2) is 42.9 Å². The fourth-order valence-corrected chi connectivity index (χ4v) is 2.07. The largest absolute Gasteiger partial charge is 0.361 e. The van der Waals surface area contributed by atoms with E-state index in [1.54, 1.807) is 12.4 Å². The Kier molecular flexibility index (Phi) is 3.16. The third kappa shape index (κ3) is 2.38. The van der Waals surface area contributed by atoms with Gasteiger partial charge in [0.25, 0.3) is 0 Å². The van der Waals surface area contributed by atoms with Gasteiger partial charge in [0.15, 0.2) is 0 Å². The van der Waals surface area contributed by atoms with Crippen LogP contribution < -0.4 is 5.32 Å². The van der Waals surface area contributed by atoms with Crippen LogP contribution in [-0.4, -0.2) is 27.3 Å². The number of carbonyl (C=O) groups is 1. The van der Waals surface area contributed by atoms with Crippen LogP contribution in [0.1, 0.15) is 6.92 Å². The summed E-state index contributed by atoms with van der Waals surface area (Å²) in [5, 5.41) is 4.01. The lowest BCUT2D eigenvalue weighted by molar-refractivity contribution is -0.115. The van der Waals surface area contributed by atoms with Gasteiger partial charge in [0.1, 0.15) is 5.78 Å². The minimum atomic E-state index is 0.0503. The van der Waals surface area contributed by atoms with Crippen LogP contribution in [0.3, 0.4) is 0 Å². The minimum absolute atomic E-state index is 0.0503. The molecule has 0 unspecified atom stereocenters. The second-order valence-electron chi connectivity index (χ2n) is 4.60. The zero-order chi connectivity index (χ0) is 13.9. The molecular weight excluding hydrogens is 252 g/mol. The molecule has 0 spiro atoms. The summed E-state index contributed by atoms with van der Waals surface area (Å²) in [6.45, 7) is 1.76. The predicted molar refractivity (Wildman–Crippen MR) is 78.5 cm³/mol. The van der Waals surface area contributed by atoms with E-state index in [4.69, 9.17) is 0 Å². The van der Waals surface area contributed by atoms with Crippen LogP contribution in [0.25, 0.3) is 22.0 Å². The first-order chi connectivity index (χ1) is 9.74. The van der Waals surface area contributed by atoms with Gasteiger partial charge in [-0.15, -0.1) is 0 Å². The van der Waals surface area contributed by atoms with E-state index < -0.39 is 0 Å². The standard InChI is InChI=1S/C15H14N4O/c1-10(20)6-17-15-18-7-11(8-19-15)13-9-16-14-5-3-2-4-12(13)14/h2-5,7-9,16H,6H2,1H3,(H,17,18,19). The van der Waals surface area contributed by atoms with Gasteiger partial charge in [0.05, 0.1) is 6.54 Å². The maximum atomic E-state index is 10.9. The summed E-state index contributed by atoms with van der Waals surface area (Å²) in [6.07, 6.45) is 5.46. The number of hydrogen-bond acceptors (Lipinski definition) is 4. The molecule has 3 aromatic rings. The highest BCUT2D eigenvalue weighted by molar-refractivity contribution is 5.95. The van der Waals surface area contributed by atoms with E-state index in [-0.39, 0.29) is 12.3 Å². The molecule has 20 heavy (non-hydrogen) atoms. The van der Waals surface area contributed by atoms with Crippen molar-refractivity contribution in [2.75, 3.05) is 11.9 Å². The van der Waals surface area contributed by atoms with Gasteiger partial charge in [-0.1, -0.05) is 18.2 Å². The average molecular weight is 266 g/mol. The number of benzene rings is 1. The third-order valence-corrected chi connectivity index (χ3v) is 3.05. The number of carbonyl (C=O) groups excluding carboxylic acids is 1. The summed E-state index contributed by atoms with van der Waals surface area (Å²) < 4.78 is 0. The average Bonchev–Trinajstić information content (AvgIpc) is 2.89. The Balaban J connectivity index is 1.89. The van der Waals surface area contributed by atoms with Crippen molar-refractivity contribution < 1.29 is 4.79 Å². The van der Waals surface area contributed by atoms with Crippen LogP contribution in [0, 0.1) is 0 Å². The van der Waals surface area contributed by atoms with Crippen molar-refractivity contribution in [1.82, 2.24) is 15.0 Å². The molecule has 0 fully saturated rings. The molecule has 0 saturated heterocycles. The second kappa shape index (κ2) is 5.13. The molecule has 0 radical (unpaired) electrons. The summed E-state index contributed by atoms with van der Waals surface area (Å²) in [6, 6.07) is 8.09. The van der Waals surface area contributed by atoms with Crippen molar-refractivity contribution >= 4 is 22.6 Å². The van der Waals surface area contributed by atoms with Gasteiger partial charge in [0, 0.05) is 40.6 Å². The molecule has 2 heterocycles. The molecule has 2 aromatic heterocycles. The van der Waals surface area contributed by atoms with E-state index in [1.807, 2.05) is 24.4 Å². The molecule has 0 atom stereocenters. The number of nitrogens with zero attached hydrogens (tertiary/aromatic N) is 2. The number of ketones is 1. The number of rotatable bonds is 4. The Hall–Kier alpha value is -2.69. The van der Waals surface area contributed by atoms with Crippen molar-refractivity contribution in [3.05, 3.63) is 42.9 Å². The summed E-state index contributed by atoms with van der Waals surface area (Å²) in [5.74, 6) is 0.512. The lowest BCUT2D eigenvalue weighted by atomic mass is 10.1. The first-order valence-electron chi connectivity index (χ1n) is 6.36. The molecular formula is C15H14N4O. The number of aromatic nitrogens is 3. The van der Waals surface area contributed by atoms with Crippen LogP contribution in [0.2, 0.25) is 0 Å². The van der Waals surface area contributed by atoms with Crippen molar-refractivity contribution in [2.24, 2.45) is 0 Å². The quantitative estimate of drug-likeness (QED) is 0.761. The Labute approximate surface area is 116 Å². The summed E-state index contributed by atoms with van der Waals surface area (Å²) >= 11 is 0. The molecule has 1 aromatic carbocycles. The smallest absolute Gasteiger partial charge is 0.222 e. The van der Waals surface area contributed by atoms with Crippen LogP contribution >= 0.6 is 0 Å². The fraction of sp³-hybridized carbons (Fsp3) is 0.133. The summed E-state index contributed by atoms with van der Waals surface area (Å²) in [4.78, 5) is 22.6. The normalized spacial score (nSPS) is 10.7. The van der Waals surface area contributed by atoms with E-state index in [2.05, 4.69) is 26.3 Å². The predicted octanol–water partition coefficient (Wildman–Crippen LogP) is 2.63. The Bertz CT molecular complexity index is 746. The molecule has 0 aliphatic rings. The van der Waals surface area contributed by atoms with Crippen LogP contribution in [0.5, 0.6) is 0 Å². The van der Waals surface area contributed by atoms with Crippen molar-refractivity contribution in [1.29, 1.82) is 0 Å². The lowest BCUT2D eigenvalue weighted by Crippen LogP contribution is -2.11. The molecule has 3 rings (SSSR count). The maximum absolute atomic E-state index is 10.9. The van der Waals surface area contributed by atoms with Crippen molar-refractivity contribution in [3.8, 4) is 11.1 Å². The number of H-pyrrole nitrogens is 1. The molecule has 0 amide bonds. The van der Waals surface area contributed by atoms with Crippen LogP contribution in [0.4, 0.5) is 5.95 Å². The molecule has 2 N–H and O–H groups in total. The monoisotopic (exact) mass is 266 g/mol.